The van der Waals surface area contributed by atoms with E-state index in [9.17, 15) is 27.2 Å². The first-order valence-electron chi connectivity index (χ1n) is 12.9. The molecule has 5 rings (SSSR count). The minimum absolute atomic E-state index is 0.0305. The summed E-state index contributed by atoms with van der Waals surface area (Å²) in [6, 6.07) is 17.8. The van der Waals surface area contributed by atoms with Gasteiger partial charge in [-0.3, -0.25) is 9.59 Å². The van der Waals surface area contributed by atoms with Gasteiger partial charge in [0.05, 0.1) is 34.3 Å². The van der Waals surface area contributed by atoms with E-state index in [1.54, 1.807) is 24.3 Å². The number of methoxy groups -OCH3 is 1. The fraction of sp³-hybridized carbons (Fsp3) is 0.0968. The molecular weight excluding hydrogens is 728 g/mol. The lowest BCUT2D eigenvalue weighted by Gasteiger charge is -2.15. The van der Waals surface area contributed by atoms with Crippen molar-refractivity contribution in [3.63, 3.8) is 0 Å². The SMILES string of the molecule is COc1cc(C=Nn2c(-c3cccc(C(F)(F)F)c3)nc3ccccc3c2=O)c(Br)c(Br)c1OCC(=O)Nc1cccc(F)c1. The number of carbonyl (C=O) groups excluding carboxylic acids is 1. The van der Waals surface area contributed by atoms with Gasteiger partial charge in [0, 0.05) is 21.3 Å². The van der Waals surface area contributed by atoms with Gasteiger partial charge in [-0.2, -0.15) is 22.9 Å². The second kappa shape index (κ2) is 13.2. The summed E-state index contributed by atoms with van der Waals surface area (Å²) in [5.74, 6) is -0.825. The van der Waals surface area contributed by atoms with Crippen molar-refractivity contribution in [3.05, 3.63) is 115 Å². The number of rotatable bonds is 8. The molecule has 1 aromatic heterocycles. The molecule has 5 aromatic rings. The number of para-hydroxylation sites is 1. The lowest BCUT2D eigenvalue weighted by atomic mass is 10.1. The van der Waals surface area contributed by atoms with Crippen LogP contribution >= 0.6 is 31.9 Å². The molecule has 1 heterocycles. The van der Waals surface area contributed by atoms with Gasteiger partial charge in [0.1, 0.15) is 5.82 Å². The highest BCUT2D eigenvalue weighted by Gasteiger charge is 2.31. The van der Waals surface area contributed by atoms with Gasteiger partial charge >= 0.3 is 6.18 Å². The van der Waals surface area contributed by atoms with E-state index in [4.69, 9.17) is 9.47 Å². The molecular formula is C31H20Br2F4N4O4. The Bertz CT molecular complexity index is 2020. The van der Waals surface area contributed by atoms with Gasteiger partial charge in [0.2, 0.25) is 0 Å². The van der Waals surface area contributed by atoms with Gasteiger partial charge in [-0.25, -0.2) is 9.37 Å². The van der Waals surface area contributed by atoms with E-state index >= 15 is 0 Å². The zero-order chi connectivity index (χ0) is 32.3. The number of halogens is 6. The van der Waals surface area contributed by atoms with Crippen molar-refractivity contribution in [2.45, 2.75) is 6.18 Å². The molecule has 0 spiro atoms. The Morgan fingerprint density at radius 1 is 1.02 bits per heavy atom. The third kappa shape index (κ3) is 7.07. The molecule has 0 bridgehead atoms. The van der Waals surface area contributed by atoms with Gasteiger partial charge in [0.25, 0.3) is 11.5 Å². The second-order valence-corrected chi connectivity index (χ2v) is 11.0. The quantitative estimate of drug-likeness (QED) is 0.130. The van der Waals surface area contributed by atoms with Crippen molar-refractivity contribution >= 4 is 60.6 Å². The lowest BCUT2D eigenvalue weighted by Crippen LogP contribution is -2.21. The summed E-state index contributed by atoms with van der Waals surface area (Å²) in [7, 11) is 1.37. The maximum Gasteiger partial charge on any atom is 0.416 e. The maximum absolute atomic E-state index is 13.5. The molecule has 0 radical (unpaired) electrons. The number of alkyl halides is 3. The Kier molecular flexibility index (Phi) is 9.34. The standard InChI is InChI=1S/C31H20Br2F4N4O4/c1-44-24-13-18(26(32)27(33)28(24)45-16-25(42)39-21-9-5-8-20(34)14-21)15-38-41-29(17-6-4-7-19(12-17)31(35,36)37)40-23-11-3-2-10-22(23)30(41)43/h2-15H,16H2,1H3,(H,39,42). The summed E-state index contributed by atoms with van der Waals surface area (Å²) < 4.78 is 66.7. The number of benzene rings is 4. The van der Waals surface area contributed by atoms with E-state index in [0.717, 1.165) is 22.9 Å². The van der Waals surface area contributed by atoms with Crippen molar-refractivity contribution in [2.75, 3.05) is 19.0 Å². The van der Waals surface area contributed by atoms with Gasteiger partial charge in [-0.1, -0.05) is 30.3 Å². The lowest BCUT2D eigenvalue weighted by molar-refractivity contribution is -0.137. The number of nitrogens with zero attached hydrogens (tertiary/aromatic N) is 3. The van der Waals surface area contributed by atoms with Gasteiger partial charge in [0.15, 0.2) is 23.9 Å². The predicted octanol–water partition coefficient (Wildman–Crippen LogP) is 7.65. The molecule has 0 aliphatic carbocycles. The van der Waals surface area contributed by atoms with Crippen LogP contribution in [-0.4, -0.2) is 35.5 Å². The summed E-state index contributed by atoms with van der Waals surface area (Å²) in [4.78, 5) is 30.4. The number of aromatic nitrogens is 2. The van der Waals surface area contributed by atoms with Gasteiger partial charge < -0.3 is 14.8 Å². The molecule has 1 N–H and O–H groups in total. The molecule has 1 amide bonds. The van der Waals surface area contributed by atoms with Crippen LogP contribution in [0.3, 0.4) is 0 Å². The summed E-state index contributed by atoms with van der Waals surface area (Å²) in [6.07, 6.45) is -3.31. The number of carbonyl (C=O) groups is 1. The third-order valence-corrected chi connectivity index (χ3v) is 8.49. The van der Waals surface area contributed by atoms with Crippen LogP contribution < -0.4 is 20.3 Å². The molecule has 0 aliphatic heterocycles. The zero-order valence-electron chi connectivity index (χ0n) is 23.0. The van der Waals surface area contributed by atoms with Crippen LogP contribution in [0, 0.1) is 5.82 Å². The topological polar surface area (TPSA) is 94.8 Å². The van der Waals surface area contributed by atoms with Crippen LogP contribution in [0.4, 0.5) is 23.2 Å². The smallest absolute Gasteiger partial charge is 0.416 e. The number of hydrogen-bond donors (Lipinski definition) is 1. The average Bonchev–Trinajstić information content (AvgIpc) is 3.01. The van der Waals surface area contributed by atoms with Crippen LogP contribution in [0.5, 0.6) is 11.5 Å². The Balaban J connectivity index is 1.50. The summed E-state index contributed by atoms with van der Waals surface area (Å²) in [6.45, 7) is -0.441. The van der Waals surface area contributed by atoms with E-state index in [2.05, 4.69) is 47.3 Å². The Morgan fingerprint density at radius 2 is 1.78 bits per heavy atom. The van der Waals surface area contributed by atoms with Crippen LogP contribution in [-0.2, 0) is 11.0 Å². The largest absolute Gasteiger partial charge is 0.493 e. The molecule has 14 heteroatoms. The van der Waals surface area contributed by atoms with Crippen LogP contribution in [0.1, 0.15) is 11.1 Å². The van der Waals surface area contributed by atoms with E-state index in [1.807, 2.05) is 0 Å². The molecule has 0 aliphatic rings. The minimum atomic E-state index is -4.61. The summed E-state index contributed by atoms with van der Waals surface area (Å²) in [5.41, 5.74) is -0.557. The molecule has 0 fully saturated rings. The first kappa shape index (κ1) is 31.9. The summed E-state index contributed by atoms with van der Waals surface area (Å²) >= 11 is 6.86. The zero-order valence-corrected chi connectivity index (χ0v) is 26.2. The fourth-order valence-electron chi connectivity index (χ4n) is 4.26. The van der Waals surface area contributed by atoms with E-state index in [-0.39, 0.29) is 39.5 Å². The van der Waals surface area contributed by atoms with Gasteiger partial charge in [-0.05, 0) is 80.4 Å². The van der Waals surface area contributed by atoms with Crippen molar-refractivity contribution in [3.8, 4) is 22.9 Å². The molecule has 0 atom stereocenters. The maximum atomic E-state index is 13.5. The minimum Gasteiger partial charge on any atom is -0.493 e. The number of nitrogens with one attached hydrogen (secondary N) is 1. The van der Waals surface area contributed by atoms with Crippen LogP contribution in [0.2, 0.25) is 0 Å². The van der Waals surface area contributed by atoms with Crippen LogP contribution in [0.15, 0.2) is 97.7 Å². The number of anilines is 1. The molecule has 45 heavy (non-hydrogen) atoms. The van der Waals surface area contributed by atoms with Crippen molar-refractivity contribution in [2.24, 2.45) is 5.10 Å². The van der Waals surface area contributed by atoms with Gasteiger partial charge in [-0.15, -0.1) is 0 Å². The highest BCUT2D eigenvalue weighted by atomic mass is 79.9. The molecule has 0 saturated heterocycles. The Labute approximate surface area is 269 Å². The number of ether oxygens (including phenoxy) is 2. The first-order valence-corrected chi connectivity index (χ1v) is 14.5. The monoisotopic (exact) mass is 746 g/mol. The van der Waals surface area contributed by atoms with E-state index in [0.29, 0.717) is 14.5 Å². The van der Waals surface area contributed by atoms with Crippen molar-refractivity contribution in [1.29, 1.82) is 0 Å². The fourth-order valence-corrected chi connectivity index (χ4v) is 5.19. The van der Waals surface area contributed by atoms with E-state index < -0.39 is 35.6 Å². The molecule has 230 valence electrons. The van der Waals surface area contributed by atoms with Crippen molar-refractivity contribution < 1.29 is 31.8 Å². The normalized spacial score (nSPS) is 11.6. The van der Waals surface area contributed by atoms with Crippen LogP contribution in [0.25, 0.3) is 22.3 Å². The first-order chi connectivity index (χ1) is 21.5. The van der Waals surface area contributed by atoms with Crippen molar-refractivity contribution in [1.82, 2.24) is 9.66 Å². The molecule has 0 unspecified atom stereocenters. The highest BCUT2D eigenvalue weighted by Crippen LogP contribution is 2.42. The molecule has 8 nitrogen and oxygen atoms in total. The molecule has 4 aromatic carbocycles. The number of hydrogen-bond acceptors (Lipinski definition) is 6. The summed E-state index contributed by atoms with van der Waals surface area (Å²) in [5, 5.41) is 7.06. The molecule has 0 saturated carbocycles. The Morgan fingerprint density at radius 3 is 2.51 bits per heavy atom. The number of amides is 1. The second-order valence-electron chi connectivity index (χ2n) is 9.36. The predicted molar refractivity (Wildman–Crippen MR) is 168 cm³/mol. The Hall–Kier alpha value is -4.56. The van der Waals surface area contributed by atoms with E-state index in [1.165, 1.54) is 49.7 Å². The average molecular weight is 748 g/mol. The highest BCUT2D eigenvalue weighted by molar-refractivity contribution is 9.13. The number of fused-ring (bicyclic) bond motifs is 1. The third-order valence-electron chi connectivity index (χ3n) is 6.35.